The molecule has 0 amide bonds. The summed E-state index contributed by atoms with van der Waals surface area (Å²) in [5.41, 5.74) is -0.590. The highest BCUT2D eigenvalue weighted by Gasteiger charge is 2.27. The zero-order chi connectivity index (χ0) is 13.8. The number of carboxylic acids is 1. The third kappa shape index (κ3) is 4.58. The van der Waals surface area contributed by atoms with Crippen molar-refractivity contribution < 1.29 is 9.90 Å². The van der Waals surface area contributed by atoms with Gasteiger partial charge in [0, 0.05) is 6.04 Å². The van der Waals surface area contributed by atoms with Gasteiger partial charge in [0.05, 0.1) is 5.41 Å². The average molecular weight is 256 g/mol. The maximum atomic E-state index is 11.0. The summed E-state index contributed by atoms with van der Waals surface area (Å²) in [4.78, 5) is 15.8. The van der Waals surface area contributed by atoms with E-state index in [0.29, 0.717) is 6.04 Å². The monoisotopic (exact) mass is 256 g/mol. The molecule has 4 nitrogen and oxygen atoms in total. The third-order valence-corrected chi connectivity index (χ3v) is 4.20. The van der Waals surface area contributed by atoms with Crippen LogP contribution >= 0.6 is 0 Å². The van der Waals surface area contributed by atoms with Crippen LogP contribution in [0.4, 0.5) is 0 Å². The van der Waals surface area contributed by atoms with Crippen LogP contribution in [-0.4, -0.2) is 60.6 Å². The van der Waals surface area contributed by atoms with Gasteiger partial charge in [0.15, 0.2) is 0 Å². The molecule has 0 atom stereocenters. The van der Waals surface area contributed by atoms with Gasteiger partial charge in [-0.2, -0.15) is 0 Å². The zero-order valence-electron chi connectivity index (χ0n) is 12.3. The highest BCUT2D eigenvalue weighted by Crippen LogP contribution is 2.23. The molecule has 0 aliphatic carbocycles. The van der Waals surface area contributed by atoms with Crippen LogP contribution in [0.5, 0.6) is 0 Å². The average Bonchev–Trinajstić information content (AvgIpc) is 2.29. The molecule has 1 heterocycles. The van der Waals surface area contributed by atoms with Crippen molar-refractivity contribution >= 4 is 5.97 Å². The molecule has 0 bridgehead atoms. The molecule has 18 heavy (non-hydrogen) atoms. The fourth-order valence-electron chi connectivity index (χ4n) is 2.50. The van der Waals surface area contributed by atoms with Crippen molar-refractivity contribution in [2.45, 2.75) is 45.6 Å². The van der Waals surface area contributed by atoms with Crippen molar-refractivity contribution in [3.63, 3.8) is 0 Å². The van der Waals surface area contributed by atoms with E-state index >= 15 is 0 Å². The maximum absolute atomic E-state index is 11.0. The molecule has 0 unspecified atom stereocenters. The molecule has 0 saturated carbocycles. The minimum Gasteiger partial charge on any atom is -0.481 e. The summed E-state index contributed by atoms with van der Waals surface area (Å²) in [6, 6.07) is 0.675. The molecule has 0 aromatic carbocycles. The smallest absolute Gasteiger partial charge is 0.309 e. The number of piperidine rings is 1. The van der Waals surface area contributed by atoms with Gasteiger partial charge in [0.1, 0.15) is 0 Å². The number of rotatable bonds is 6. The first kappa shape index (κ1) is 15.4. The van der Waals surface area contributed by atoms with Crippen molar-refractivity contribution in [1.82, 2.24) is 9.80 Å². The van der Waals surface area contributed by atoms with E-state index in [1.807, 2.05) is 13.8 Å². The van der Waals surface area contributed by atoms with E-state index in [1.54, 1.807) is 0 Å². The van der Waals surface area contributed by atoms with Gasteiger partial charge in [0.2, 0.25) is 0 Å². The van der Waals surface area contributed by atoms with Crippen LogP contribution in [0.1, 0.15) is 39.5 Å². The van der Waals surface area contributed by atoms with Crippen molar-refractivity contribution in [1.29, 1.82) is 0 Å². The summed E-state index contributed by atoms with van der Waals surface area (Å²) in [6.07, 6.45) is 4.17. The molecular weight excluding hydrogens is 228 g/mol. The number of aliphatic carboxylic acids is 1. The number of hydrogen-bond acceptors (Lipinski definition) is 3. The Labute approximate surface area is 111 Å². The van der Waals surface area contributed by atoms with E-state index in [2.05, 4.69) is 23.9 Å². The number of carbonyl (C=O) groups is 1. The van der Waals surface area contributed by atoms with Crippen LogP contribution in [0, 0.1) is 5.41 Å². The molecule has 0 aromatic heterocycles. The highest BCUT2D eigenvalue weighted by atomic mass is 16.4. The lowest BCUT2D eigenvalue weighted by molar-refractivity contribution is -0.147. The summed E-state index contributed by atoms with van der Waals surface area (Å²) in [7, 11) is 4.34. The van der Waals surface area contributed by atoms with Crippen LogP contribution in [0.15, 0.2) is 0 Å². The van der Waals surface area contributed by atoms with Gasteiger partial charge in [-0.05, 0) is 73.3 Å². The minimum absolute atomic E-state index is 0.590. The fraction of sp³-hybridized carbons (Fsp3) is 0.929. The Kier molecular flexibility index (Phi) is 5.60. The molecule has 1 N–H and O–H groups in total. The van der Waals surface area contributed by atoms with E-state index in [9.17, 15) is 4.79 Å². The van der Waals surface area contributed by atoms with Gasteiger partial charge >= 0.3 is 5.97 Å². The second kappa shape index (κ2) is 6.53. The second-order valence-electron chi connectivity index (χ2n) is 6.31. The summed E-state index contributed by atoms with van der Waals surface area (Å²) < 4.78 is 0. The largest absolute Gasteiger partial charge is 0.481 e. The standard InChI is InChI=1S/C14H28N2O2/c1-14(2,13(17)18)8-5-9-16(4)12-6-10-15(3)11-7-12/h12H,5-11H2,1-4H3,(H,17,18). The zero-order valence-corrected chi connectivity index (χ0v) is 12.3. The van der Waals surface area contributed by atoms with Crippen LogP contribution in [0.2, 0.25) is 0 Å². The first-order valence-electron chi connectivity index (χ1n) is 6.95. The summed E-state index contributed by atoms with van der Waals surface area (Å²) in [6.45, 7) is 6.98. The second-order valence-corrected chi connectivity index (χ2v) is 6.31. The SMILES string of the molecule is CN1CCC(N(C)CCCC(C)(C)C(=O)O)CC1. The van der Waals surface area contributed by atoms with Gasteiger partial charge in [-0.15, -0.1) is 0 Å². The van der Waals surface area contributed by atoms with E-state index in [1.165, 1.54) is 25.9 Å². The third-order valence-electron chi connectivity index (χ3n) is 4.20. The topological polar surface area (TPSA) is 43.8 Å². The maximum Gasteiger partial charge on any atom is 0.309 e. The van der Waals surface area contributed by atoms with E-state index in [4.69, 9.17) is 5.11 Å². The molecule has 0 aromatic rings. The van der Waals surface area contributed by atoms with Crippen LogP contribution < -0.4 is 0 Å². The molecule has 1 saturated heterocycles. The number of nitrogens with zero attached hydrogens (tertiary/aromatic N) is 2. The Hall–Kier alpha value is -0.610. The van der Waals surface area contributed by atoms with Gasteiger partial charge in [-0.25, -0.2) is 0 Å². The normalized spacial score (nSPS) is 19.4. The van der Waals surface area contributed by atoms with Gasteiger partial charge in [0.25, 0.3) is 0 Å². The fourth-order valence-corrected chi connectivity index (χ4v) is 2.50. The Balaban J connectivity index is 2.25. The molecule has 1 rings (SSSR count). The van der Waals surface area contributed by atoms with Crippen molar-refractivity contribution in [2.24, 2.45) is 5.41 Å². The van der Waals surface area contributed by atoms with Crippen molar-refractivity contribution in [3.8, 4) is 0 Å². The Morgan fingerprint density at radius 1 is 1.39 bits per heavy atom. The minimum atomic E-state index is -0.690. The van der Waals surface area contributed by atoms with E-state index in [0.717, 1.165) is 19.4 Å². The van der Waals surface area contributed by atoms with Crippen molar-refractivity contribution in [3.05, 3.63) is 0 Å². The van der Waals surface area contributed by atoms with Crippen LogP contribution in [0.3, 0.4) is 0 Å². The van der Waals surface area contributed by atoms with E-state index in [-0.39, 0.29) is 0 Å². The molecule has 1 fully saturated rings. The molecule has 4 heteroatoms. The number of carboxylic acid groups (broad SMARTS) is 1. The van der Waals surface area contributed by atoms with Crippen LogP contribution in [0.25, 0.3) is 0 Å². The Morgan fingerprint density at radius 3 is 2.44 bits per heavy atom. The lowest BCUT2D eigenvalue weighted by Crippen LogP contribution is -2.42. The highest BCUT2D eigenvalue weighted by molar-refractivity contribution is 5.73. The predicted octanol–water partition coefficient (Wildman–Crippen LogP) is 1.90. The Morgan fingerprint density at radius 2 is 1.94 bits per heavy atom. The first-order valence-corrected chi connectivity index (χ1v) is 6.95. The lowest BCUT2D eigenvalue weighted by Gasteiger charge is -2.35. The van der Waals surface area contributed by atoms with Gasteiger partial charge < -0.3 is 14.9 Å². The molecule has 1 aliphatic heterocycles. The van der Waals surface area contributed by atoms with E-state index < -0.39 is 11.4 Å². The molecule has 106 valence electrons. The number of hydrogen-bond donors (Lipinski definition) is 1. The molecule has 0 spiro atoms. The Bertz CT molecular complexity index is 271. The van der Waals surface area contributed by atoms with Gasteiger partial charge in [-0.3, -0.25) is 4.79 Å². The molecular formula is C14H28N2O2. The van der Waals surface area contributed by atoms with Crippen LogP contribution in [-0.2, 0) is 4.79 Å². The number of likely N-dealkylation sites (tertiary alicyclic amines) is 1. The summed E-state index contributed by atoms with van der Waals surface area (Å²) in [5, 5.41) is 9.07. The molecule has 0 radical (unpaired) electrons. The summed E-state index contributed by atoms with van der Waals surface area (Å²) >= 11 is 0. The molecule has 1 aliphatic rings. The van der Waals surface area contributed by atoms with Crippen molar-refractivity contribution in [2.75, 3.05) is 33.7 Å². The summed E-state index contributed by atoms with van der Waals surface area (Å²) in [5.74, 6) is -0.690. The van der Waals surface area contributed by atoms with Gasteiger partial charge in [-0.1, -0.05) is 0 Å². The lowest BCUT2D eigenvalue weighted by atomic mass is 9.88. The quantitative estimate of drug-likeness (QED) is 0.788. The first-order chi connectivity index (χ1) is 8.33. The predicted molar refractivity (Wildman–Crippen MR) is 73.8 cm³/mol.